The first-order valence-corrected chi connectivity index (χ1v) is 29.2. The van der Waals surface area contributed by atoms with Crippen LogP contribution in [0.15, 0.2) is 71.8 Å². The molecule has 3 aromatic rings. The zero-order chi connectivity index (χ0) is 52.0. The van der Waals surface area contributed by atoms with Gasteiger partial charge in [0.15, 0.2) is 0 Å². The molecule has 6 fully saturated rings. The molecule has 0 radical (unpaired) electrons. The van der Waals surface area contributed by atoms with Crippen molar-refractivity contribution in [1.82, 2.24) is 9.55 Å². The van der Waals surface area contributed by atoms with Crippen molar-refractivity contribution >= 4 is 34.3 Å². The van der Waals surface area contributed by atoms with Crippen molar-refractivity contribution in [1.29, 1.82) is 0 Å². The molecule has 9 heteroatoms. The minimum Gasteiger partial charge on any atom is -0.481 e. The second kappa shape index (κ2) is 21.6. The molecular formula is C64H94N4O5. The summed E-state index contributed by atoms with van der Waals surface area (Å²) in [5.41, 5.74) is 8.96. The normalized spacial score (nSPS) is 37.8. The van der Waals surface area contributed by atoms with Crippen LogP contribution in [0.25, 0.3) is 11.0 Å². The van der Waals surface area contributed by atoms with Gasteiger partial charge in [0.05, 0.1) is 34.6 Å². The molecule has 0 saturated heterocycles. The summed E-state index contributed by atoms with van der Waals surface area (Å²) in [5, 5.41) is 34.3. The maximum absolute atomic E-state index is 12.8. The Hall–Kier alpha value is -3.95. The molecule has 0 spiro atoms. The monoisotopic (exact) mass is 999 g/mol. The number of carbonyl (C=O) groups excluding carboxylic acids is 1. The number of fused-ring (bicyclic) bond motifs is 11. The number of amides is 1. The van der Waals surface area contributed by atoms with Gasteiger partial charge in [0.1, 0.15) is 5.82 Å². The maximum Gasteiger partial charge on any atom is 0.300 e. The summed E-state index contributed by atoms with van der Waals surface area (Å²) in [6.45, 7) is 16.4. The Labute approximate surface area is 439 Å². The lowest BCUT2D eigenvalue weighted by molar-refractivity contribution is -0.134. The molecule has 0 aliphatic heterocycles. The molecule has 1 aromatic heterocycles. The number of aryl methyl sites for hydroxylation is 2. The largest absolute Gasteiger partial charge is 0.481 e. The molecule has 1 amide bonds. The van der Waals surface area contributed by atoms with Gasteiger partial charge >= 0.3 is 0 Å². The number of hydrogen-bond acceptors (Lipinski definition) is 6. The van der Waals surface area contributed by atoms with Gasteiger partial charge in [-0.05, 0) is 221 Å². The molecule has 6 saturated carbocycles. The molecule has 16 atom stereocenters. The number of aliphatic hydroxyl groups excluding tert-OH is 2. The number of allylic oxidation sites excluding steroid dienone is 2. The molecule has 11 rings (SSSR count). The smallest absolute Gasteiger partial charge is 0.300 e. The second-order valence-corrected chi connectivity index (χ2v) is 26.2. The molecule has 73 heavy (non-hydrogen) atoms. The van der Waals surface area contributed by atoms with Gasteiger partial charge < -0.3 is 30.5 Å². The second-order valence-electron chi connectivity index (χ2n) is 26.2. The highest BCUT2D eigenvalue weighted by atomic mass is 16.4. The fourth-order valence-electron chi connectivity index (χ4n) is 18.8. The molecule has 0 unspecified atom stereocenters. The van der Waals surface area contributed by atoms with E-state index in [4.69, 9.17) is 14.9 Å². The van der Waals surface area contributed by atoms with Crippen LogP contribution in [-0.4, -0.2) is 56.0 Å². The highest BCUT2D eigenvalue weighted by Gasteiger charge is 2.61. The van der Waals surface area contributed by atoms with Crippen molar-refractivity contribution in [2.24, 2.45) is 87.9 Å². The van der Waals surface area contributed by atoms with E-state index in [-0.39, 0.29) is 18.1 Å². The summed E-state index contributed by atoms with van der Waals surface area (Å²) in [6.07, 6.45) is 28.5. The van der Waals surface area contributed by atoms with E-state index >= 15 is 0 Å². The van der Waals surface area contributed by atoms with E-state index in [1.54, 1.807) is 11.1 Å². The third kappa shape index (κ3) is 10.3. The zero-order valence-corrected chi connectivity index (χ0v) is 46.4. The van der Waals surface area contributed by atoms with E-state index in [0.717, 1.165) is 122 Å². The van der Waals surface area contributed by atoms with Crippen molar-refractivity contribution in [3.8, 4) is 0 Å². The van der Waals surface area contributed by atoms with E-state index in [9.17, 15) is 15.0 Å². The summed E-state index contributed by atoms with van der Waals surface area (Å²) in [6, 6.07) is 16.4. The van der Waals surface area contributed by atoms with E-state index in [1.807, 2.05) is 31.3 Å². The van der Waals surface area contributed by atoms with E-state index < -0.39 is 5.97 Å². The molecular weight excluding hydrogens is 905 g/mol. The Morgan fingerprint density at radius 3 is 1.70 bits per heavy atom. The van der Waals surface area contributed by atoms with Gasteiger partial charge in [0.2, 0.25) is 5.91 Å². The zero-order valence-electron chi connectivity index (χ0n) is 46.4. The van der Waals surface area contributed by atoms with Crippen LogP contribution in [0, 0.1) is 80.8 Å². The van der Waals surface area contributed by atoms with Gasteiger partial charge in [0.25, 0.3) is 5.97 Å². The summed E-state index contributed by atoms with van der Waals surface area (Å²) in [5.74, 6) is 8.42. The standard InChI is InChI=1S/C31H46N2O2.C31H44N2O.C2H4O2/c1-20(9-14-29(35)33-28-8-6-5-7-27(28)32-4)24-12-13-25-23-11-10-21-19-22(34)15-17-30(21,2)26(23)16-18-31(24,25)3;1-20(9-14-29-32-27-7-5-6-8-28(27)33(29)4)24-12-13-25-23-11-10-21-19-22(34)15-17-30(21,2)26(23)16-18-31(24,25)3;1-2(3)4/h5-8,10,20,22-26,32,34H,9,11-19H2,1-4H3,(H,33,35);5-8,10,20,22-26,34H,9,11-19H2,1-4H3;1H3,(H,3,4)/t2*20-,22+,23+,24-,25+,26+,30+,31-;/m11./s1. The molecule has 400 valence electrons. The number of imidazole rings is 1. The molecule has 9 nitrogen and oxygen atoms in total. The summed E-state index contributed by atoms with van der Waals surface area (Å²) in [7, 11) is 4.07. The van der Waals surface area contributed by atoms with Crippen LogP contribution in [0.3, 0.4) is 0 Å². The fraction of sp³-hybridized carbons (Fsp3) is 0.703. The summed E-state index contributed by atoms with van der Waals surface area (Å²) >= 11 is 0. The van der Waals surface area contributed by atoms with Crippen LogP contribution in [0.4, 0.5) is 11.4 Å². The van der Waals surface area contributed by atoms with Crippen LogP contribution < -0.4 is 10.6 Å². The first-order chi connectivity index (χ1) is 34.8. The van der Waals surface area contributed by atoms with E-state index in [0.29, 0.717) is 34.0 Å². The van der Waals surface area contributed by atoms with Crippen LogP contribution in [0.2, 0.25) is 0 Å². The van der Waals surface area contributed by atoms with Crippen LogP contribution in [0.1, 0.15) is 176 Å². The van der Waals surface area contributed by atoms with Crippen LogP contribution in [-0.2, 0) is 23.1 Å². The number of aliphatic hydroxyl groups is 2. The Morgan fingerprint density at radius 2 is 1.18 bits per heavy atom. The number of para-hydroxylation sites is 4. The summed E-state index contributed by atoms with van der Waals surface area (Å²) in [4.78, 5) is 26.7. The van der Waals surface area contributed by atoms with Gasteiger partial charge in [0, 0.05) is 33.9 Å². The van der Waals surface area contributed by atoms with Gasteiger partial charge in [-0.1, -0.05) is 89.1 Å². The van der Waals surface area contributed by atoms with Crippen molar-refractivity contribution in [3.63, 3.8) is 0 Å². The highest BCUT2D eigenvalue weighted by Crippen LogP contribution is 2.69. The molecule has 2 aromatic carbocycles. The van der Waals surface area contributed by atoms with Crippen molar-refractivity contribution < 1.29 is 24.9 Å². The Kier molecular flexibility index (Phi) is 15.9. The molecule has 1 heterocycles. The number of aliphatic carboxylic acids is 1. The van der Waals surface area contributed by atoms with Crippen LogP contribution in [0.5, 0.6) is 0 Å². The highest BCUT2D eigenvalue weighted by molar-refractivity contribution is 5.94. The third-order valence-corrected chi connectivity index (χ3v) is 22.7. The predicted octanol–water partition coefficient (Wildman–Crippen LogP) is 14.2. The Balaban J connectivity index is 0.000000168. The SMILES string of the molecule is CC(=O)O.CNc1ccccc1NC(=O)CC[C@@H](C)[C@H]1CC[C@H]2[C@@H]3CC=C4C[C@@H](O)CC[C@]4(C)[C@H]3CC[C@]12C.C[C@H](CCc1nc2ccccc2n1C)[C@H]1CC[C@H]2[C@@H]3CC=C4C[C@@H](O)CC[C@]4(C)[C@H]3CC[C@]12C. The number of carboxylic acids is 1. The van der Waals surface area contributed by atoms with Gasteiger partial charge in [-0.3, -0.25) is 9.59 Å². The number of aromatic nitrogens is 2. The molecule has 5 N–H and O–H groups in total. The number of nitrogens with one attached hydrogen (secondary N) is 2. The fourth-order valence-corrected chi connectivity index (χ4v) is 18.8. The molecule has 8 aliphatic carbocycles. The average Bonchev–Trinajstić information content (AvgIpc) is 4.02. The summed E-state index contributed by atoms with van der Waals surface area (Å²) < 4.78 is 2.31. The van der Waals surface area contributed by atoms with Crippen molar-refractivity contribution in [2.45, 2.75) is 189 Å². The lowest BCUT2D eigenvalue weighted by atomic mass is 9.47. The van der Waals surface area contributed by atoms with E-state index in [1.165, 1.54) is 88.4 Å². The number of hydrogen-bond donors (Lipinski definition) is 5. The number of anilines is 2. The minimum atomic E-state index is -0.833. The third-order valence-electron chi connectivity index (χ3n) is 22.7. The number of nitrogens with zero attached hydrogens (tertiary/aromatic N) is 2. The molecule has 8 aliphatic rings. The number of rotatable bonds is 10. The first kappa shape index (κ1) is 53.9. The van der Waals surface area contributed by atoms with Crippen molar-refractivity contribution in [2.75, 3.05) is 17.7 Å². The number of benzene rings is 2. The number of carboxylic acid groups (broad SMARTS) is 1. The lowest BCUT2D eigenvalue weighted by Crippen LogP contribution is -2.50. The van der Waals surface area contributed by atoms with Gasteiger partial charge in [-0.15, -0.1) is 0 Å². The molecule has 0 bridgehead atoms. The van der Waals surface area contributed by atoms with Crippen LogP contribution >= 0.6 is 0 Å². The predicted molar refractivity (Wildman–Crippen MR) is 297 cm³/mol. The lowest BCUT2D eigenvalue weighted by Gasteiger charge is -2.58. The topological polar surface area (TPSA) is 137 Å². The Morgan fingerprint density at radius 1 is 0.685 bits per heavy atom. The average molecular weight is 999 g/mol. The van der Waals surface area contributed by atoms with Gasteiger partial charge in [-0.25, -0.2) is 4.98 Å². The minimum absolute atomic E-state index is 0.0993. The maximum atomic E-state index is 12.8. The number of carbonyl (C=O) groups is 2. The quantitative estimate of drug-likeness (QED) is 0.128. The first-order valence-electron chi connectivity index (χ1n) is 29.2. The van der Waals surface area contributed by atoms with Gasteiger partial charge in [-0.2, -0.15) is 0 Å². The van der Waals surface area contributed by atoms with E-state index in [2.05, 4.69) is 100 Å². The Bertz CT molecular complexity index is 2510. The van der Waals surface area contributed by atoms with Crippen molar-refractivity contribution in [3.05, 3.63) is 77.7 Å².